The minimum Gasteiger partial charge on any atom is -0.120 e. The zero-order chi connectivity index (χ0) is 12.6. The van der Waals surface area contributed by atoms with E-state index in [2.05, 4.69) is 25.0 Å². The number of hydrogen-bond acceptors (Lipinski definition) is 0. The highest BCUT2D eigenvalue weighted by Gasteiger charge is 1.88. The van der Waals surface area contributed by atoms with E-state index in [1.807, 2.05) is 0 Å². The van der Waals surface area contributed by atoms with Crippen LogP contribution in [-0.2, 0) is 0 Å². The molecule has 0 aliphatic rings. The summed E-state index contributed by atoms with van der Waals surface area (Å²) in [5, 5.41) is 0. The van der Waals surface area contributed by atoms with Gasteiger partial charge in [0, 0.05) is 6.42 Å². The molecule has 0 aliphatic carbocycles. The quantitative estimate of drug-likeness (QED) is 0.225. The fourth-order valence-corrected chi connectivity index (χ4v) is 1.94. The van der Waals surface area contributed by atoms with Crippen LogP contribution in [0, 0.1) is 12.3 Å². The third-order valence-electron chi connectivity index (χ3n) is 3.08. The van der Waals surface area contributed by atoms with Gasteiger partial charge < -0.3 is 0 Å². The van der Waals surface area contributed by atoms with Gasteiger partial charge in [0.1, 0.15) is 0 Å². The Labute approximate surface area is 109 Å². The zero-order valence-electron chi connectivity index (χ0n) is 11.7. The van der Waals surface area contributed by atoms with E-state index in [0.717, 1.165) is 6.42 Å². The summed E-state index contributed by atoms with van der Waals surface area (Å²) in [6.07, 6.45) is 25.5. The summed E-state index contributed by atoms with van der Waals surface area (Å²) in [6.45, 7) is 2.27. The first-order valence-corrected chi connectivity index (χ1v) is 7.50. The Kier molecular flexibility index (Phi) is 14.7. The second-order valence-corrected chi connectivity index (χ2v) is 4.83. The van der Waals surface area contributed by atoms with Crippen LogP contribution in [0.3, 0.4) is 0 Å². The van der Waals surface area contributed by atoms with Crippen molar-refractivity contribution in [2.24, 2.45) is 0 Å². The summed E-state index contributed by atoms with van der Waals surface area (Å²) in [5.41, 5.74) is 0. The lowest BCUT2D eigenvalue weighted by atomic mass is 10.1. The van der Waals surface area contributed by atoms with Crippen LogP contribution in [0.1, 0.15) is 84.0 Å². The molecule has 17 heavy (non-hydrogen) atoms. The van der Waals surface area contributed by atoms with Crippen LogP contribution in [0.2, 0.25) is 0 Å². The van der Waals surface area contributed by atoms with E-state index in [-0.39, 0.29) is 0 Å². The molecule has 0 heterocycles. The Morgan fingerprint density at radius 3 is 1.88 bits per heavy atom. The Morgan fingerprint density at radius 2 is 1.29 bits per heavy atom. The van der Waals surface area contributed by atoms with E-state index in [1.54, 1.807) is 0 Å². The lowest BCUT2D eigenvalue weighted by Gasteiger charge is -1.98. The van der Waals surface area contributed by atoms with Gasteiger partial charge in [0.2, 0.25) is 0 Å². The Bertz CT molecular complexity index is 195. The average Bonchev–Trinajstić information content (AvgIpc) is 2.35. The molecule has 0 heteroatoms. The molecular formula is C17H30. The van der Waals surface area contributed by atoms with Crippen molar-refractivity contribution in [3.63, 3.8) is 0 Å². The lowest BCUT2D eigenvalue weighted by molar-refractivity contribution is 0.610. The maximum atomic E-state index is 5.20. The van der Waals surface area contributed by atoms with Crippen molar-refractivity contribution in [1.29, 1.82) is 0 Å². The molecule has 0 rings (SSSR count). The molecule has 0 aliphatic heterocycles. The van der Waals surface area contributed by atoms with Gasteiger partial charge in [0.05, 0.1) is 0 Å². The van der Waals surface area contributed by atoms with E-state index in [0.29, 0.717) is 0 Å². The summed E-state index contributed by atoms with van der Waals surface area (Å²) in [5.74, 6) is 2.69. The lowest BCUT2D eigenvalue weighted by Crippen LogP contribution is -1.78. The summed E-state index contributed by atoms with van der Waals surface area (Å²) in [6, 6.07) is 0. The summed E-state index contributed by atoms with van der Waals surface area (Å²) >= 11 is 0. The fourth-order valence-electron chi connectivity index (χ4n) is 1.94. The first kappa shape index (κ1) is 16.3. The first-order chi connectivity index (χ1) is 8.41. The molecule has 0 radical (unpaired) electrons. The summed E-state index contributed by atoms with van der Waals surface area (Å²) in [4.78, 5) is 0. The van der Waals surface area contributed by atoms with E-state index >= 15 is 0 Å². The van der Waals surface area contributed by atoms with Gasteiger partial charge in [-0.25, -0.2) is 0 Å². The average molecular weight is 234 g/mol. The Morgan fingerprint density at radius 1 is 0.765 bits per heavy atom. The maximum Gasteiger partial charge on any atom is 0.00860 e. The Balaban J connectivity index is 3.02. The number of allylic oxidation sites excluding steroid dienone is 2. The van der Waals surface area contributed by atoms with Crippen molar-refractivity contribution in [3.05, 3.63) is 12.2 Å². The van der Waals surface area contributed by atoms with E-state index in [9.17, 15) is 0 Å². The second-order valence-electron chi connectivity index (χ2n) is 4.83. The molecule has 0 bridgehead atoms. The minimum absolute atomic E-state index is 0.946. The molecule has 0 aromatic carbocycles. The van der Waals surface area contributed by atoms with Crippen molar-refractivity contribution in [1.82, 2.24) is 0 Å². The molecule has 0 N–H and O–H groups in total. The van der Waals surface area contributed by atoms with E-state index < -0.39 is 0 Å². The molecule has 0 atom stereocenters. The molecule has 0 saturated carbocycles. The predicted octanol–water partition coefficient (Wildman–Crippen LogP) is 5.88. The van der Waals surface area contributed by atoms with Gasteiger partial charge in [0.15, 0.2) is 0 Å². The molecule has 0 aromatic heterocycles. The summed E-state index contributed by atoms with van der Waals surface area (Å²) in [7, 11) is 0. The number of terminal acetylenes is 1. The normalized spacial score (nSPS) is 10.8. The van der Waals surface area contributed by atoms with Crippen LogP contribution >= 0.6 is 0 Å². The number of hydrogen-bond donors (Lipinski definition) is 0. The number of rotatable bonds is 12. The third-order valence-corrected chi connectivity index (χ3v) is 3.08. The molecule has 0 saturated heterocycles. The van der Waals surface area contributed by atoms with E-state index in [4.69, 9.17) is 6.42 Å². The van der Waals surface area contributed by atoms with Gasteiger partial charge in [-0.15, -0.1) is 12.3 Å². The van der Waals surface area contributed by atoms with Crippen molar-refractivity contribution < 1.29 is 0 Å². The van der Waals surface area contributed by atoms with Gasteiger partial charge in [-0.3, -0.25) is 0 Å². The second kappa shape index (κ2) is 15.3. The van der Waals surface area contributed by atoms with Crippen LogP contribution in [0.15, 0.2) is 12.2 Å². The van der Waals surface area contributed by atoms with Crippen LogP contribution in [0.25, 0.3) is 0 Å². The molecule has 0 unspecified atom stereocenters. The first-order valence-electron chi connectivity index (χ1n) is 7.50. The van der Waals surface area contributed by atoms with Gasteiger partial charge in [0.25, 0.3) is 0 Å². The van der Waals surface area contributed by atoms with Crippen molar-refractivity contribution in [2.45, 2.75) is 84.0 Å². The molecule has 0 nitrogen and oxygen atoms in total. The minimum atomic E-state index is 0.946. The largest absolute Gasteiger partial charge is 0.120 e. The van der Waals surface area contributed by atoms with Gasteiger partial charge in [-0.2, -0.15) is 0 Å². The monoisotopic (exact) mass is 234 g/mol. The Hall–Kier alpha value is -0.700. The standard InChI is InChI=1S/C17H30/c1-3-5-7-9-11-13-15-17-16-14-12-10-8-6-4-2/h1,15,17H,4-14,16H2,2H3/b17-15+. The highest BCUT2D eigenvalue weighted by molar-refractivity contribution is 4.84. The third kappa shape index (κ3) is 15.3. The fraction of sp³-hybridized carbons (Fsp3) is 0.765. The van der Waals surface area contributed by atoms with E-state index in [1.165, 1.54) is 70.6 Å². The SMILES string of the molecule is C#CCCCCC/C=C/CCCCCCCC. The van der Waals surface area contributed by atoms with Crippen LogP contribution in [-0.4, -0.2) is 0 Å². The van der Waals surface area contributed by atoms with Crippen molar-refractivity contribution >= 4 is 0 Å². The predicted molar refractivity (Wildman–Crippen MR) is 79.1 cm³/mol. The van der Waals surface area contributed by atoms with Crippen LogP contribution < -0.4 is 0 Å². The molecular weight excluding hydrogens is 204 g/mol. The van der Waals surface area contributed by atoms with Crippen molar-refractivity contribution in [2.75, 3.05) is 0 Å². The summed E-state index contributed by atoms with van der Waals surface area (Å²) < 4.78 is 0. The number of unbranched alkanes of at least 4 members (excludes halogenated alkanes) is 10. The molecule has 0 aromatic rings. The van der Waals surface area contributed by atoms with Gasteiger partial charge in [-0.1, -0.05) is 57.6 Å². The highest BCUT2D eigenvalue weighted by atomic mass is 13.9. The smallest absolute Gasteiger partial charge is 0.00860 e. The zero-order valence-corrected chi connectivity index (χ0v) is 11.7. The van der Waals surface area contributed by atoms with Crippen LogP contribution in [0.4, 0.5) is 0 Å². The van der Waals surface area contributed by atoms with Gasteiger partial charge >= 0.3 is 0 Å². The molecule has 0 fully saturated rings. The topological polar surface area (TPSA) is 0 Å². The van der Waals surface area contributed by atoms with Crippen molar-refractivity contribution in [3.8, 4) is 12.3 Å². The molecule has 0 amide bonds. The highest BCUT2D eigenvalue weighted by Crippen LogP contribution is 2.08. The molecule has 98 valence electrons. The maximum absolute atomic E-state index is 5.20. The van der Waals surface area contributed by atoms with Gasteiger partial charge in [-0.05, 0) is 32.1 Å². The van der Waals surface area contributed by atoms with Crippen LogP contribution in [0.5, 0.6) is 0 Å². The molecule has 0 spiro atoms.